The number of nitrogens with zero attached hydrogens (tertiary/aromatic N) is 2. The van der Waals surface area contributed by atoms with Gasteiger partial charge >= 0.3 is 12.2 Å². The van der Waals surface area contributed by atoms with Gasteiger partial charge in [0.25, 0.3) is 0 Å². The Hall–Kier alpha value is -2.26. The molecule has 134 valence electrons. The average Bonchev–Trinajstić information content (AvgIpc) is 2.95. The molecule has 7 nitrogen and oxygen atoms in total. The molecular formula is C14H19F3N4O3. The minimum atomic E-state index is -4.46. The highest BCUT2D eigenvalue weighted by molar-refractivity contribution is 5.89. The molecule has 3 amide bonds. The normalized spacial score (nSPS) is 18.8. The Morgan fingerprint density at radius 3 is 2.62 bits per heavy atom. The summed E-state index contributed by atoms with van der Waals surface area (Å²) in [4.78, 5) is 24.1. The monoisotopic (exact) mass is 348 g/mol. The molecule has 0 saturated carbocycles. The average molecular weight is 348 g/mol. The van der Waals surface area contributed by atoms with Crippen molar-refractivity contribution in [3.8, 4) is 0 Å². The number of carbonyl (C=O) groups excluding carboxylic acids is 2. The molecule has 0 unspecified atom stereocenters. The third-order valence-corrected chi connectivity index (χ3v) is 3.41. The first-order valence-corrected chi connectivity index (χ1v) is 7.33. The maximum absolute atomic E-state index is 12.3. The first kappa shape index (κ1) is 18.1. The molecule has 1 atom stereocenters. The number of alkyl halides is 3. The summed E-state index contributed by atoms with van der Waals surface area (Å²) in [6, 6.07) is 0.222. The van der Waals surface area contributed by atoms with Crippen LogP contribution in [0.5, 0.6) is 0 Å². The summed E-state index contributed by atoms with van der Waals surface area (Å²) in [7, 11) is 0. The fourth-order valence-corrected chi connectivity index (χ4v) is 2.26. The van der Waals surface area contributed by atoms with Crippen LogP contribution in [-0.4, -0.2) is 47.3 Å². The van der Waals surface area contributed by atoms with Crippen LogP contribution in [0.2, 0.25) is 0 Å². The fraction of sp³-hybridized carbons (Fsp3) is 0.643. The Kier molecular flexibility index (Phi) is 4.77. The van der Waals surface area contributed by atoms with Gasteiger partial charge in [-0.25, -0.2) is 4.79 Å². The number of rotatable bonds is 3. The third-order valence-electron chi connectivity index (χ3n) is 3.41. The minimum absolute atomic E-state index is 0.171. The van der Waals surface area contributed by atoms with E-state index >= 15 is 0 Å². The van der Waals surface area contributed by atoms with Gasteiger partial charge in [0.1, 0.15) is 12.3 Å². The molecule has 1 saturated heterocycles. The molecule has 1 fully saturated rings. The molecule has 2 rings (SSSR count). The predicted molar refractivity (Wildman–Crippen MR) is 78.4 cm³/mol. The summed E-state index contributed by atoms with van der Waals surface area (Å²) >= 11 is 0. The first-order chi connectivity index (χ1) is 10.9. The van der Waals surface area contributed by atoms with Crippen LogP contribution in [0, 0.1) is 0 Å². The van der Waals surface area contributed by atoms with Gasteiger partial charge in [0.05, 0.1) is 6.04 Å². The van der Waals surface area contributed by atoms with Gasteiger partial charge in [-0.2, -0.15) is 13.2 Å². The molecular weight excluding hydrogens is 329 g/mol. The smallest absolute Gasteiger partial charge is 0.359 e. The first-order valence-electron chi connectivity index (χ1n) is 7.33. The third kappa shape index (κ3) is 4.87. The van der Waals surface area contributed by atoms with E-state index in [2.05, 4.69) is 15.8 Å². The van der Waals surface area contributed by atoms with Crippen LogP contribution >= 0.6 is 0 Å². The lowest BCUT2D eigenvalue weighted by Gasteiger charge is -2.18. The number of carbonyl (C=O) groups is 2. The van der Waals surface area contributed by atoms with E-state index in [-0.39, 0.29) is 24.2 Å². The Balaban J connectivity index is 1.87. The second kappa shape index (κ2) is 6.33. The topological polar surface area (TPSA) is 87.5 Å². The van der Waals surface area contributed by atoms with Crippen molar-refractivity contribution in [1.29, 1.82) is 0 Å². The number of hydrogen-bond acceptors (Lipinski definition) is 4. The Bertz CT molecular complexity index is 622. The molecule has 0 aliphatic carbocycles. The minimum Gasteiger partial charge on any atom is -0.359 e. The van der Waals surface area contributed by atoms with Crippen LogP contribution in [0.4, 0.5) is 23.8 Å². The van der Waals surface area contributed by atoms with Gasteiger partial charge in [0.2, 0.25) is 5.91 Å². The lowest BCUT2D eigenvalue weighted by molar-refractivity contribution is -0.157. The maximum Gasteiger partial charge on any atom is 0.406 e. The lowest BCUT2D eigenvalue weighted by atomic mass is 9.93. The largest absolute Gasteiger partial charge is 0.406 e. The van der Waals surface area contributed by atoms with E-state index in [9.17, 15) is 22.8 Å². The van der Waals surface area contributed by atoms with Gasteiger partial charge in [-0.15, -0.1) is 0 Å². The number of likely N-dealkylation sites (tertiary alicyclic amines) is 1. The summed E-state index contributed by atoms with van der Waals surface area (Å²) in [5.74, 6) is 0.119. The molecule has 2 heterocycles. The standard InChI is InChI=1S/C14H19F3N4O3/c1-13(2,3)9-5-10(20-24-9)19-12(23)18-8-4-11(22)21(6-8)7-14(15,16)17/h5,8H,4,6-7H2,1-3H3,(H2,18,19,20,23)/t8-/m0/s1. The van der Waals surface area contributed by atoms with Crippen molar-refractivity contribution in [3.05, 3.63) is 11.8 Å². The molecule has 0 bridgehead atoms. The molecule has 10 heteroatoms. The highest BCUT2D eigenvalue weighted by Gasteiger charge is 2.38. The number of nitrogens with one attached hydrogen (secondary N) is 2. The van der Waals surface area contributed by atoms with Gasteiger partial charge in [0, 0.05) is 24.4 Å². The molecule has 24 heavy (non-hydrogen) atoms. The van der Waals surface area contributed by atoms with Crippen LogP contribution in [0.1, 0.15) is 33.0 Å². The van der Waals surface area contributed by atoms with Crippen molar-refractivity contribution in [2.24, 2.45) is 0 Å². The van der Waals surface area contributed by atoms with Gasteiger partial charge in [-0.3, -0.25) is 10.1 Å². The number of urea groups is 1. The summed E-state index contributed by atoms with van der Waals surface area (Å²) in [5, 5.41) is 8.59. The van der Waals surface area contributed by atoms with E-state index in [1.54, 1.807) is 6.07 Å². The van der Waals surface area contributed by atoms with Crippen LogP contribution in [0.25, 0.3) is 0 Å². The zero-order valence-electron chi connectivity index (χ0n) is 13.5. The van der Waals surface area contributed by atoms with Crippen molar-refractivity contribution in [2.45, 2.75) is 44.8 Å². The summed E-state index contributed by atoms with van der Waals surface area (Å²) in [6.07, 6.45) is -4.63. The fourth-order valence-electron chi connectivity index (χ4n) is 2.26. The molecule has 2 N–H and O–H groups in total. The molecule has 1 aliphatic rings. The van der Waals surface area contributed by atoms with Gasteiger partial charge in [0.15, 0.2) is 5.82 Å². The van der Waals surface area contributed by atoms with E-state index in [4.69, 9.17) is 4.52 Å². The predicted octanol–water partition coefficient (Wildman–Crippen LogP) is 2.26. The van der Waals surface area contributed by atoms with Crippen LogP contribution < -0.4 is 10.6 Å². The SMILES string of the molecule is CC(C)(C)c1cc(NC(=O)N[C@H]2CC(=O)N(CC(F)(F)F)C2)no1. The van der Waals surface area contributed by atoms with Crippen molar-refractivity contribution >= 4 is 17.8 Å². The van der Waals surface area contributed by atoms with Crippen molar-refractivity contribution in [2.75, 3.05) is 18.4 Å². The van der Waals surface area contributed by atoms with Gasteiger partial charge in [-0.05, 0) is 0 Å². The number of hydrogen-bond donors (Lipinski definition) is 2. The highest BCUT2D eigenvalue weighted by Crippen LogP contribution is 2.24. The second-order valence-electron chi connectivity index (χ2n) is 6.72. The van der Waals surface area contributed by atoms with E-state index in [0.29, 0.717) is 10.7 Å². The Labute approximate surface area is 136 Å². The van der Waals surface area contributed by atoms with Crippen molar-refractivity contribution in [3.63, 3.8) is 0 Å². The summed E-state index contributed by atoms with van der Waals surface area (Å²) in [5.41, 5.74) is -0.278. The van der Waals surface area contributed by atoms with E-state index in [1.807, 2.05) is 20.8 Å². The number of amides is 3. The molecule has 1 aromatic rings. The Morgan fingerprint density at radius 1 is 1.42 bits per heavy atom. The number of halogens is 3. The summed E-state index contributed by atoms with van der Waals surface area (Å²) < 4.78 is 42.1. The quantitative estimate of drug-likeness (QED) is 0.877. The van der Waals surface area contributed by atoms with Crippen molar-refractivity contribution < 1.29 is 27.3 Å². The molecule has 0 radical (unpaired) electrons. The molecule has 0 aromatic carbocycles. The summed E-state index contributed by atoms with van der Waals surface area (Å²) in [6.45, 7) is 4.24. The molecule has 0 spiro atoms. The highest BCUT2D eigenvalue weighted by atomic mass is 19.4. The van der Waals surface area contributed by atoms with Gasteiger partial charge in [-0.1, -0.05) is 25.9 Å². The van der Waals surface area contributed by atoms with Crippen LogP contribution in [-0.2, 0) is 10.2 Å². The number of anilines is 1. The molecule has 1 aliphatic heterocycles. The van der Waals surface area contributed by atoms with E-state index < -0.39 is 30.7 Å². The second-order valence-corrected chi connectivity index (χ2v) is 6.72. The van der Waals surface area contributed by atoms with Crippen LogP contribution in [0.3, 0.4) is 0 Å². The van der Waals surface area contributed by atoms with Crippen LogP contribution in [0.15, 0.2) is 10.6 Å². The zero-order valence-corrected chi connectivity index (χ0v) is 13.5. The molecule has 1 aromatic heterocycles. The van der Waals surface area contributed by atoms with Crippen molar-refractivity contribution in [1.82, 2.24) is 15.4 Å². The zero-order chi connectivity index (χ0) is 18.1. The lowest BCUT2D eigenvalue weighted by Crippen LogP contribution is -2.41. The van der Waals surface area contributed by atoms with E-state index in [0.717, 1.165) is 0 Å². The van der Waals surface area contributed by atoms with E-state index in [1.165, 1.54) is 0 Å². The van der Waals surface area contributed by atoms with Gasteiger partial charge < -0.3 is 14.7 Å². The number of aromatic nitrogens is 1. The maximum atomic E-state index is 12.3. The Morgan fingerprint density at radius 2 is 2.08 bits per heavy atom.